The number of aromatic nitrogens is 2. The quantitative estimate of drug-likeness (QED) is 0.745. The number of nitrogens with one attached hydrogen (secondary N) is 2. The van der Waals surface area contributed by atoms with Crippen LogP contribution in [0.1, 0.15) is 53.9 Å². The Labute approximate surface area is 145 Å². The monoisotopic (exact) mass is 343 g/mol. The standard InChI is InChI=1S/C18H21N3O4/c1-4-13-14(5-2)20-21-17(23)15(13)16(22)19-12-8-6-7-11(9-12)10(3)18(24)25/h6-10H,4-5H2,1-3H3,(H,19,22)(H,21,23)(H,24,25). The van der Waals surface area contributed by atoms with Gasteiger partial charge >= 0.3 is 5.97 Å². The fourth-order valence-corrected chi connectivity index (χ4v) is 2.66. The molecule has 1 unspecified atom stereocenters. The number of carbonyl (C=O) groups excluding carboxylic acids is 1. The van der Waals surface area contributed by atoms with Gasteiger partial charge in [-0.3, -0.25) is 14.4 Å². The SMILES string of the molecule is CCc1n[nH]c(=O)c(C(=O)Nc2cccc(C(C)C(=O)O)c2)c1CC. The van der Waals surface area contributed by atoms with Gasteiger partial charge in [0.1, 0.15) is 5.56 Å². The van der Waals surface area contributed by atoms with Gasteiger partial charge in [-0.25, -0.2) is 5.10 Å². The second-order valence-corrected chi connectivity index (χ2v) is 5.70. The summed E-state index contributed by atoms with van der Waals surface area (Å²) >= 11 is 0. The van der Waals surface area contributed by atoms with Crippen molar-refractivity contribution in [2.45, 2.75) is 39.5 Å². The van der Waals surface area contributed by atoms with Crippen molar-refractivity contribution in [2.24, 2.45) is 0 Å². The molecule has 0 aliphatic rings. The molecule has 2 aromatic rings. The third-order valence-electron chi connectivity index (χ3n) is 4.10. The van der Waals surface area contributed by atoms with Crippen LogP contribution in [0.3, 0.4) is 0 Å². The van der Waals surface area contributed by atoms with Crippen molar-refractivity contribution < 1.29 is 14.7 Å². The molecule has 1 atom stereocenters. The Kier molecular flexibility index (Phi) is 5.69. The molecule has 0 bridgehead atoms. The molecule has 7 heteroatoms. The topological polar surface area (TPSA) is 112 Å². The molecule has 0 fully saturated rings. The molecule has 1 heterocycles. The third-order valence-corrected chi connectivity index (χ3v) is 4.10. The van der Waals surface area contributed by atoms with E-state index in [1.807, 2.05) is 13.8 Å². The molecule has 3 N–H and O–H groups in total. The summed E-state index contributed by atoms with van der Waals surface area (Å²) in [6.07, 6.45) is 1.12. The van der Waals surface area contributed by atoms with Gasteiger partial charge in [0.25, 0.3) is 11.5 Å². The molecule has 0 saturated heterocycles. The van der Waals surface area contributed by atoms with E-state index in [2.05, 4.69) is 15.5 Å². The van der Waals surface area contributed by atoms with Crippen molar-refractivity contribution in [3.63, 3.8) is 0 Å². The van der Waals surface area contributed by atoms with Gasteiger partial charge in [0.15, 0.2) is 0 Å². The van der Waals surface area contributed by atoms with Gasteiger partial charge in [0.05, 0.1) is 11.6 Å². The lowest BCUT2D eigenvalue weighted by atomic mass is 10.0. The summed E-state index contributed by atoms with van der Waals surface area (Å²) in [7, 11) is 0. The van der Waals surface area contributed by atoms with Crippen LogP contribution in [0.15, 0.2) is 29.1 Å². The molecule has 132 valence electrons. The van der Waals surface area contributed by atoms with Crippen LogP contribution in [-0.2, 0) is 17.6 Å². The second kappa shape index (κ2) is 7.74. The molecule has 0 spiro atoms. The smallest absolute Gasteiger partial charge is 0.310 e. The summed E-state index contributed by atoms with van der Waals surface area (Å²) in [5, 5.41) is 18.1. The van der Waals surface area contributed by atoms with E-state index < -0.39 is 23.4 Å². The van der Waals surface area contributed by atoms with Crippen LogP contribution in [0, 0.1) is 0 Å². The number of aryl methyl sites for hydroxylation is 1. The Balaban J connectivity index is 2.37. The van der Waals surface area contributed by atoms with E-state index >= 15 is 0 Å². The molecule has 2 rings (SSSR count). The molecule has 7 nitrogen and oxygen atoms in total. The van der Waals surface area contributed by atoms with Crippen molar-refractivity contribution in [1.29, 1.82) is 0 Å². The van der Waals surface area contributed by atoms with Gasteiger partial charge < -0.3 is 10.4 Å². The number of benzene rings is 1. The van der Waals surface area contributed by atoms with Crippen LogP contribution in [0.5, 0.6) is 0 Å². The number of H-pyrrole nitrogens is 1. The van der Waals surface area contributed by atoms with E-state index in [9.17, 15) is 14.4 Å². The number of carbonyl (C=O) groups is 2. The molecule has 25 heavy (non-hydrogen) atoms. The van der Waals surface area contributed by atoms with Gasteiger partial charge in [0.2, 0.25) is 0 Å². The lowest BCUT2D eigenvalue weighted by molar-refractivity contribution is -0.138. The van der Waals surface area contributed by atoms with Crippen LogP contribution in [0.4, 0.5) is 5.69 Å². The number of anilines is 1. The van der Waals surface area contributed by atoms with Crippen LogP contribution in [0.25, 0.3) is 0 Å². The Morgan fingerprint density at radius 2 is 2.00 bits per heavy atom. The average molecular weight is 343 g/mol. The van der Waals surface area contributed by atoms with Gasteiger partial charge in [0, 0.05) is 5.69 Å². The number of carboxylic acids is 1. The molecular formula is C18H21N3O4. The zero-order valence-electron chi connectivity index (χ0n) is 14.4. The first-order chi connectivity index (χ1) is 11.9. The van der Waals surface area contributed by atoms with E-state index in [0.29, 0.717) is 35.3 Å². The van der Waals surface area contributed by atoms with E-state index in [0.717, 1.165) is 0 Å². The van der Waals surface area contributed by atoms with Crippen molar-refractivity contribution in [3.8, 4) is 0 Å². The molecule has 1 aromatic carbocycles. The number of aliphatic carboxylic acids is 1. The van der Waals surface area contributed by atoms with E-state index in [-0.39, 0.29) is 5.56 Å². The molecule has 0 aliphatic heterocycles. The number of hydrogen-bond donors (Lipinski definition) is 3. The number of nitrogens with zero attached hydrogens (tertiary/aromatic N) is 1. The minimum Gasteiger partial charge on any atom is -0.481 e. The van der Waals surface area contributed by atoms with Crippen molar-refractivity contribution >= 4 is 17.6 Å². The maximum atomic E-state index is 12.6. The van der Waals surface area contributed by atoms with Crippen molar-refractivity contribution in [2.75, 3.05) is 5.32 Å². The Morgan fingerprint density at radius 3 is 2.60 bits per heavy atom. The average Bonchev–Trinajstić information content (AvgIpc) is 2.60. The summed E-state index contributed by atoms with van der Waals surface area (Å²) in [6, 6.07) is 6.59. The maximum absolute atomic E-state index is 12.6. The maximum Gasteiger partial charge on any atom is 0.310 e. The first kappa shape index (κ1) is 18.4. The van der Waals surface area contributed by atoms with E-state index in [1.54, 1.807) is 31.2 Å². The molecule has 0 aliphatic carbocycles. The summed E-state index contributed by atoms with van der Waals surface area (Å²) in [6.45, 7) is 5.33. The number of rotatable bonds is 6. The van der Waals surface area contributed by atoms with Crippen LogP contribution >= 0.6 is 0 Å². The highest BCUT2D eigenvalue weighted by molar-refractivity contribution is 6.05. The van der Waals surface area contributed by atoms with Crippen molar-refractivity contribution in [3.05, 3.63) is 57.0 Å². The number of amides is 1. The Morgan fingerprint density at radius 1 is 1.28 bits per heavy atom. The minimum atomic E-state index is -0.949. The Hall–Kier alpha value is -2.96. The minimum absolute atomic E-state index is 0.0473. The molecular weight excluding hydrogens is 322 g/mol. The lowest BCUT2D eigenvalue weighted by Gasteiger charge is -2.12. The zero-order chi connectivity index (χ0) is 18.6. The highest BCUT2D eigenvalue weighted by atomic mass is 16.4. The van der Waals surface area contributed by atoms with Gasteiger partial charge in [-0.15, -0.1) is 0 Å². The molecule has 1 amide bonds. The van der Waals surface area contributed by atoms with Crippen LogP contribution in [-0.4, -0.2) is 27.2 Å². The lowest BCUT2D eigenvalue weighted by Crippen LogP contribution is -2.28. The number of hydrogen-bond acceptors (Lipinski definition) is 4. The van der Waals surface area contributed by atoms with Gasteiger partial charge in [-0.1, -0.05) is 26.0 Å². The van der Waals surface area contributed by atoms with Crippen molar-refractivity contribution in [1.82, 2.24) is 10.2 Å². The summed E-state index contributed by atoms with van der Waals surface area (Å²) in [5.41, 5.74) is 1.82. The first-order valence-corrected chi connectivity index (χ1v) is 8.13. The van der Waals surface area contributed by atoms with Crippen LogP contribution < -0.4 is 10.9 Å². The summed E-state index contributed by atoms with van der Waals surface area (Å²) < 4.78 is 0. The zero-order valence-corrected chi connectivity index (χ0v) is 14.4. The summed E-state index contributed by atoms with van der Waals surface area (Å²) in [5.74, 6) is -2.18. The highest BCUT2D eigenvalue weighted by Gasteiger charge is 2.20. The van der Waals surface area contributed by atoms with Gasteiger partial charge in [-0.2, -0.15) is 5.10 Å². The van der Waals surface area contributed by atoms with E-state index in [4.69, 9.17) is 5.11 Å². The largest absolute Gasteiger partial charge is 0.481 e. The fraction of sp³-hybridized carbons (Fsp3) is 0.333. The molecule has 0 saturated carbocycles. The number of aromatic amines is 1. The second-order valence-electron chi connectivity index (χ2n) is 5.70. The third kappa shape index (κ3) is 3.93. The predicted octanol–water partition coefficient (Wildman–Crippen LogP) is 2.34. The highest BCUT2D eigenvalue weighted by Crippen LogP contribution is 2.20. The van der Waals surface area contributed by atoms with Gasteiger partial charge in [-0.05, 0) is 43.0 Å². The summed E-state index contributed by atoms with van der Waals surface area (Å²) in [4.78, 5) is 35.8. The molecule has 1 aromatic heterocycles. The number of carboxylic acid groups (broad SMARTS) is 1. The Bertz CT molecular complexity index is 858. The molecule has 0 radical (unpaired) electrons. The van der Waals surface area contributed by atoms with Crippen LogP contribution in [0.2, 0.25) is 0 Å². The predicted molar refractivity (Wildman–Crippen MR) is 94.1 cm³/mol. The first-order valence-electron chi connectivity index (χ1n) is 8.13. The fourth-order valence-electron chi connectivity index (χ4n) is 2.66. The van der Waals surface area contributed by atoms with E-state index in [1.165, 1.54) is 0 Å². The normalized spacial score (nSPS) is 11.8.